The molecule has 1 atom stereocenters. The van der Waals surface area contributed by atoms with Gasteiger partial charge in [0.05, 0.1) is 27.3 Å². The first-order valence-electron chi connectivity index (χ1n) is 9.19. The SMILES string of the molecule is C=CC(=O)OCC[N+](C)(C)CCOP(=O)(O)OCCCOC(C(F)(F)F)(C(F)(F)F)C(F)(F)F. The molecule has 0 fully saturated rings. The number of halogens is 9. The summed E-state index contributed by atoms with van der Waals surface area (Å²) in [4.78, 5) is 20.4. The van der Waals surface area contributed by atoms with E-state index in [1.807, 2.05) is 0 Å². The van der Waals surface area contributed by atoms with Crippen molar-refractivity contribution in [2.75, 3.05) is 53.6 Å². The lowest BCUT2D eigenvalue weighted by molar-refractivity contribution is -0.890. The zero-order valence-electron chi connectivity index (χ0n) is 17.9. The lowest BCUT2D eigenvalue weighted by Gasteiger charge is -2.38. The number of ether oxygens (including phenoxy) is 2. The summed E-state index contributed by atoms with van der Waals surface area (Å²) in [6.07, 6.45) is -20.7. The summed E-state index contributed by atoms with van der Waals surface area (Å²) in [7, 11) is -1.56. The molecule has 0 aromatic carbocycles. The van der Waals surface area contributed by atoms with E-state index < -0.39 is 64.2 Å². The third-order valence-corrected chi connectivity index (χ3v) is 5.14. The Morgan fingerprint density at radius 3 is 1.76 bits per heavy atom. The van der Waals surface area contributed by atoms with Crippen LogP contribution in [0.15, 0.2) is 12.7 Å². The molecule has 0 aliphatic rings. The van der Waals surface area contributed by atoms with Gasteiger partial charge in [0, 0.05) is 6.08 Å². The molecule has 1 unspecified atom stereocenters. The Balaban J connectivity index is 4.69. The minimum atomic E-state index is -6.88. The highest BCUT2D eigenvalue weighted by molar-refractivity contribution is 7.47. The predicted octanol–water partition coefficient (Wildman–Crippen LogP) is 3.76. The number of nitrogens with zero attached hydrogens (tertiary/aromatic N) is 1. The van der Waals surface area contributed by atoms with Crippen molar-refractivity contribution in [3.63, 3.8) is 0 Å². The van der Waals surface area contributed by atoms with Gasteiger partial charge in [0.25, 0.3) is 0 Å². The van der Waals surface area contributed by atoms with E-state index in [-0.39, 0.29) is 24.2 Å². The molecule has 0 aromatic heterocycles. The minimum Gasteiger partial charge on any atom is -0.457 e. The third kappa shape index (κ3) is 9.70. The molecule has 0 saturated carbocycles. The molecule has 8 nitrogen and oxygen atoms in total. The van der Waals surface area contributed by atoms with E-state index in [0.717, 1.165) is 6.08 Å². The molecule has 202 valence electrons. The molecule has 0 radical (unpaired) electrons. The number of hydrogen-bond acceptors (Lipinski definition) is 6. The normalized spacial score (nSPS) is 15.6. The average Bonchev–Trinajstić information content (AvgIpc) is 2.60. The van der Waals surface area contributed by atoms with Gasteiger partial charge in [-0.1, -0.05) is 6.58 Å². The van der Waals surface area contributed by atoms with Gasteiger partial charge in [0.2, 0.25) is 0 Å². The Hall–Kier alpha value is -1.39. The number of alkyl halides is 9. The quantitative estimate of drug-likeness (QED) is 0.0890. The number of rotatable bonds is 14. The molecular weight excluding hydrogens is 520 g/mol. The topological polar surface area (TPSA) is 91.3 Å². The zero-order chi connectivity index (χ0) is 27.1. The summed E-state index contributed by atoms with van der Waals surface area (Å²) in [5.41, 5.74) is -6.43. The largest absolute Gasteiger partial charge is 0.472 e. The van der Waals surface area contributed by atoms with Gasteiger partial charge in [-0.25, -0.2) is 9.36 Å². The minimum absolute atomic E-state index is 0.0135. The zero-order valence-corrected chi connectivity index (χ0v) is 18.8. The summed E-state index contributed by atoms with van der Waals surface area (Å²) < 4.78 is 143. The summed E-state index contributed by atoms with van der Waals surface area (Å²) in [6.45, 7) is 0.309. The first-order valence-corrected chi connectivity index (χ1v) is 10.7. The maximum Gasteiger partial charge on any atom is 0.472 e. The van der Waals surface area contributed by atoms with Crippen LogP contribution in [0.4, 0.5) is 39.5 Å². The number of hydrogen-bond donors (Lipinski definition) is 1. The maximum atomic E-state index is 12.7. The van der Waals surface area contributed by atoms with E-state index in [1.54, 1.807) is 14.1 Å². The van der Waals surface area contributed by atoms with Crippen LogP contribution in [0.3, 0.4) is 0 Å². The second-order valence-electron chi connectivity index (χ2n) is 7.27. The fraction of sp³-hybridized carbons (Fsp3) is 0.812. The molecule has 0 aliphatic heterocycles. The van der Waals surface area contributed by atoms with Crippen LogP contribution < -0.4 is 0 Å². The molecule has 0 saturated heterocycles. The van der Waals surface area contributed by atoms with Crippen LogP contribution in [-0.2, 0) is 27.9 Å². The lowest BCUT2D eigenvalue weighted by atomic mass is 10.0. The Labute approximate surface area is 188 Å². The van der Waals surface area contributed by atoms with Crippen molar-refractivity contribution in [3.05, 3.63) is 12.7 Å². The van der Waals surface area contributed by atoms with Crippen LogP contribution in [-0.4, -0.2) is 93.1 Å². The molecule has 0 aromatic rings. The van der Waals surface area contributed by atoms with E-state index >= 15 is 0 Å². The number of likely N-dealkylation sites (N-methyl/N-ethyl adjacent to an activating group) is 1. The van der Waals surface area contributed by atoms with Gasteiger partial charge < -0.3 is 18.9 Å². The highest BCUT2D eigenvalue weighted by atomic mass is 31.2. The molecule has 0 bridgehead atoms. The number of carbonyl (C=O) groups excluding carboxylic acids is 1. The molecule has 34 heavy (non-hydrogen) atoms. The van der Waals surface area contributed by atoms with Gasteiger partial charge in [-0.05, 0) is 6.42 Å². The maximum absolute atomic E-state index is 12.7. The van der Waals surface area contributed by atoms with Crippen molar-refractivity contribution in [3.8, 4) is 0 Å². The van der Waals surface area contributed by atoms with Crippen molar-refractivity contribution in [2.45, 2.75) is 30.6 Å². The van der Waals surface area contributed by atoms with Gasteiger partial charge >= 0.3 is 37.9 Å². The number of phosphoric ester groups is 1. The van der Waals surface area contributed by atoms with Crippen LogP contribution in [0.25, 0.3) is 0 Å². The molecule has 0 amide bonds. The second-order valence-corrected chi connectivity index (χ2v) is 8.72. The second kappa shape index (κ2) is 12.0. The third-order valence-electron chi connectivity index (χ3n) is 4.12. The average molecular weight is 544 g/mol. The monoisotopic (exact) mass is 544 g/mol. The van der Waals surface area contributed by atoms with Crippen LogP contribution in [0.5, 0.6) is 0 Å². The van der Waals surface area contributed by atoms with Crippen LogP contribution in [0, 0.1) is 0 Å². The van der Waals surface area contributed by atoms with Gasteiger partial charge in [0.1, 0.15) is 26.3 Å². The van der Waals surface area contributed by atoms with E-state index in [4.69, 9.17) is 4.74 Å². The van der Waals surface area contributed by atoms with Crippen molar-refractivity contribution in [2.24, 2.45) is 0 Å². The Bertz CT molecular complexity index is 687. The summed E-state index contributed by atoms with van der Waals surface area (Å²) >= 11 is 0. The Morgan fingerprint density at radius 1 is 0.882 bits per heavy atom. The molecule has 0 spiro atoms. The fourth-order valence-corrected chi connectivity index (χ4v) is 2.94. The lowest BCUT2D eigenvalue weighted by Crippen LogP contribution is -2.67. The number of carbonyl (C=O) groups is 1. The van der Waals surface area contributed by atoms with Gasteiger partial charge in [-0.15, -0.1) is 0 Å². The number of esters is 1. The van der Waals surface area contributed by atoms with Gasteiger partial charge in [-0.3, -0.25) is 9.05 Å². The van der Waals surface area contributed by atoms with Crippen molar-refractivity contribution in [1.82, 2.24) is 0 Å². The van der Waals surface area contributed by atoms with Gasteiger partial charge in [0.15, 0.2) is 0 Å². The van der Waals surface area contributed by atoms with Crippen LogP contribution >= 0.6 is 7.82 Å². The molecule has 1 N–H and O–H groups in total. The van der Waals surface area contributed by atoms with Crippen LogP contribution in [0.1, 0.15) is 6.42 Å². The molecule has 0 rings (SSSR count). The highest BCUT2D eigenvalue weighted by Gasteiger charge is 2.85. The molecule has 0 aliphatic carbocycles. The van der Waals surface area contributed by atoms with Crippen molar-refractivity contribution >= 4 is 13.8 Å². The highest BCUT2D eigenvalue weighted by Crippen LogP contribution is 2.55. The first kappa shape index (κ1) is 32.6. The van der Waals surface area contributed by atoms with E-state index in [1.165, 1.54) is 0 Å². The molecular formula is C16H24F9NO7P+. The summed E-state index contributed by atoms with van der Waals surface area (Å²) in [6, 6.07) is 0. The summed E-state index contributed by atoms with van der Waals surface area (Å²) in [5.74, 6) is -0.661. The fourth-order valence-electron chi connectivity index (χ4n) is 2.20. The van der Waals surface area contributed by atoms with E-state index in [9.17, 15) is 53.8 Å². The Morgan fingerprint density at radius 2 is 1.32 bits per heavy atom. The molecule has 18 heteroatoms. The van der Waals surface area contributed by atoms with E-state index in [2.05, 4.69) is 20.4 Å². The number of quaternary nitrogens is 1. The first-order chi connectivity index (χ1) is 15.1. The molecule has 0 heterocycles. The van der Waals surface area contributed by atoms with Gasteiger partial charge in [-0.2, -0.15) is 39.5 Å². The Kier molecular flexibility index (Phi) is 11.5. The van der Waals surface area contributed by atoms with E-state index in [0.29, 0.717) is 0 Å². The van der Waals surface area contributed by atoms with Crippen molar-refractivity contribution in [1.29, 1.82) is 0 Å². The summed E-state index contributed by atoms with van der Waals surface area (Å²) in [5, 5.41) is 0. The van der Waals surface area contributed by atoms with Crippen molar-refractivity contribution < 1.29 is 76.8 Å². The standard InChI is InChI=1S/C16H23F9NO7P/c1-4-12(27)30-10-6-26(2,3)7-11-33-34(28,29)32-9-5-8-31-13(14(17,18)19,15(20,21)22)16(23,24)25/h4H,1,5-11H2,2-3H3/p+1. The van der Waals surface area contributed by atoms with Crippen LogP contribution in [0.2, 0.25) is 0 Å². The number of phosphoric acid groups is 1. The smallest absolute Gasteiger partial charge is 0.457 e. The predicted molar refractivity (Wildman–Crippen MR) is 96.2 cm³/mol.